The molecule has 1 aliphatic rings. The van der Waals surface area contributed by atoms with Crippen LogP contribution in [0.25, 0.3) is 0 Å². The van der Waals surface area contributed by atoms with E-state index in [0.29, 0.717) is 12.0 Å². The van der Waals surface area contributed by atoms with Gasteiger partial charge in [0.25, 0.3) is 0 Å². The molecule has 2 rings (SSSR count). The Labute approximate surface area is 95.2 Å². The van der Waals surface area contributed by atoms with Crippen molar-refractivity contribution >= 4 is 11.6 Å². The molecule has 2 N–H and O–H groups in total. The van der Waals surface area contributed by atoms with Crippen LogP contribution in [0.4, 0.5) is 0 Å². The van der Waals surface area contributed by atoms with E-state index in [2.05, 4.69) is 16.8 Å². The number of aromatic nitrogens is 1. The molecule has 1 fully saturated rings. The average molecular weight is 226 g/mol. The molecule has 4 heteroatoms. The van der Waals surface area contributed by atoms with Gasteiger partial charge in [-0.15, -0.1) is 0 Å². The summed E-state index contributed by atoms with van der Waals surface area (Å²) >= 11 is 6.06. The smallest absolute Gasteiger partial charge is 0.0634 e. The standard InChI is InChI=1S/C11H16ClN3/c1-8-5-15(7-11(8)13)6-9-2-3-14-4-10(9)12/h2-4,8,11H,5-7,13H2,1H3. The van der Waals surface area contributed by atoms with Gasteiger partial charge in [-0.2, -0.15) is 0 Å². The molecule has 3 nitrogen and oxygen atoms in total. The van der Waals surface area contributed by atoms with Crippen LogP contribution in [-0.4, -0.2) is 29.0 Å². The van der Waals surface area contributed by atoms with Crippen molar-refractivity contribution < 1.29 is 0 Å². The zero-order valence-electron chi connectivity index (χ0n) is 8.86. The Morgan fingerprint density at radius 1 is 1.60 bits per heavy atom. The summed E-state index contributed by atoms with van der Waals surface area (Å²) in [4.78, 5) is 6.32. The molecule has 0 aliphatic carbocycles. The van der Waals surface area contributed by atoms with Gasteiger partial charge in [0.2, 0.25) is 0 Å². The summed E-state index contributed by atoms with van der Waals surface area (Å²) in [7, 11) is 0. The number of rotatable bonds is 2. The summed E-state index contributed by atoms with van der Waals surface area (Å²) in [6, 6.07) is 2.27. The van der Waals surface area contributed by atoms with Crippen LogP contribution in [0.1, 0.15) is 12.5 Å². The molecule has 0 saturated carbocycles. The largest absolute Gasteiger partial charge is 0.326 e. The lowest BCUT2D eigenvalue weighted by Gasteiger charge is -2.15. The summed E-state index contributed by atoms with van der Waals surface area (Å²) in [5.74, 6) is 0.575. The second-order valence-corrected chi connectivity index (χ2v) is 4.71. The zero-order chi connectivity index (χ0) is 10.8. The number of nitrogens with two attached hydrogens (primary N) is 1. The molecule has 0 bridgehead atoms. The van der Waals surface area contributed by atoms with Crippen LogP contribution >= 0.6 is 11.6 Å². The third kappa shape index (κ3) is 2.48. The van der Waals surface area contributed by atoms with E-state index < -0.39 is 0 Å². The molecule has 15 heavy (non-hydrogen) atoms. The van der Waals surface area contributed by atoms with E-state index in [1.807, 2.05) is 6.07 Å². The molecular weight excluding hydrogens is 210 g/mol. The van der Waals surface area contributed by atoms with Gasteiger partial charge in [0.15, 0.2) is 0 Å². The van der Waals surface area contributed by atoms with Gasteiger partial charge in [-0.1, -0.05) is 18.5 Å². The van der Waals surface area contributed by atoms with Crippen LogP contribution in [0.2, 0.25) is 5.02 Å². The highest BCUT2D eigenvalue weighted by molar-refractivity contribution is 6.31. The lowest BCUT2D eigenvalue weighted by Crippen LogP contribution is -2.28. The average Bonchev–Trinajstić information content (AvgIpc) is 2.50. The van der Waals surface area contributed by atoms with E-state index in [0.717, 1.165) is 30.2 Å². The monoisotopic (exact) mass is 225 g/mol. The van der Waals surface area contributed by atoms with Crippen molar-refractivity contribution in [2.24, 2.45) is 11.7 Å². The van der Waals surface area contributed by atoms with Crippen LogP contribution in [0, 0.1) is 5.92 Å². The first kappa shape index (κ1) is 10.9. The number of halogens is 1. The summed E-state index contributed by atoms with van der Waals surface area (Å²) in [6.45, 7) is 5.08. The van der Waals surface area contributed by atoms with Crippen molar-refractivity contribution in [1.82, 2.24) is 9.88 Å². The molecule has 1 aliphatic heterocycles. The molecule has 0 radical (unpaired) electrons. The molecule has 0 aromatic carbocycles. The lowest BCUT2D eigenvalue weighted by atomic mass is 10.1. The topological polar surface area (TPSA) is 42.2 Å². The molecule has 1 saturated heterocycles. The van der Waals surface area contributed by atoms with E-state index in [9.17, 15) is 0 Å². The number of pyridine rings is 1. The Bertz CT molecular complexity index is 332. The Morgan fingerprint density at radius 2 is 2.40 bits per heavy atom. The SMILES string of the molecule is CC1CN(Cc2ccncc2Cl)CC1N. The van der Waals surface area contributed by atoms with E-state index in [1.54, 1.807) is 12.4 Å². The molecule has 2 unspecified atom stereocenters. The highest BCUT2D eigenvalue weighted by atomic mass is 35.5. The normalized spacial score (nSPS) is 27.1. The second kappa shape index (κ2) is 4.47. The minimum Gasteiger partial charge on any atom is -0.326 e. The molecule has 82 valence electrons. The first-order valence-corrected chi connectivity index (χ1v) is 5.61. The lowest BCUT2D eigenvalue weighted by molar-refractivity contribution is 0.319. The summed E-state index contributed by atoms with van der Waals surface area (Å²) < 4.78 is 0. The predicted octanol–water partition coefficient (Wildman–Crippen LogP) is 1.51. The van der Waals surface area contributed by atoms with E-state index in [1.165, 1.54) is 0 Å². The van der Waals surface area contributed by atoms with Gasteiger partial charge < -0.3 is 5.73 Å². The number of nitrogens with zero attached hydrogens (tertiary/aromatic N) is 2. The Hall–Kier alpha value is -0.640. The van der Waals surface area contributed by atoms with E-state index >= 15 is 0 Å². The predicted molar refractivity (Wildman–Crippen MR) is 61.7 cm³/mol. The Kier molecular flexibility index (Phi) is 3.24. The van der Waals surface area contributed by atoms with Crippen LogP contribution < -0.4 is 5.73 Å². The summed E-state index contributed by atoms with van der Waals surface area (Å²) in [6.07, 6.45) is 3.47. The van der Waals surface area contributed by atoms with Crippen LogP contribution in [0.3, 0.4) is 0 Å². The highest BCUT2D eigenvalue weighted by Crippen LogP contribution is 2.20. The fraction of sp³-hybridized carbons (Fsp3) is 0.545. The van der Waals surface area contributed by atoms with Gasteiger partial charge in [0, 0.05) is 38.1 Å². The highest BCUT2D eigenvalue weighted by Gasteiger charge is 2.26. The van der Waals surface area contributed by atoms with E-state index in [4.69, 9.17) is 17.3 Å². The molecule has 0 spiro atoms. The fourth-order valence-electron chi connectivity index (χ4n) is 2.00. The van der Waals surface area contributed by atoms with Crippen molar-refractivity contribution in [2.75, 3.05) is 13.1 Å². The quantitative estimate of drug-likeness (QED) is 0.830. The maximum Gasteiger partial charge on any atom is 0.0634 e. The van der Waals surface area contributed by atoms with Crippen molar-refractivity contribution in [1.29, 1.82) is 0 Å². The van der Waals surface area contributed by atoms with Crippen molar-refractivity contribution in [3.63, 3.8) is 0 Å². The van der Waals surface area contributed by atoms with Crippen LogP contribution in [-0.2, 0) is 6.54 Å². The maximum atomic E-state index is 6.06. The van der Waals surface area contributed by atoms with E-state index in [-0.39, 0.29) is 0 Å². The third-order valence-electron chi connectivity index (χ3n) is 3.00. The van der Waals surface area contributed by atoms with Gasteiger partial charge in [0.05, 0.1) is 5.02 Å². The number of likely N-dealkylation sites (tertiary alicyclic amines) is 1. The fourth-order valence-corrected chi connectivity index (χ4v) is 2.18. The van der Waals surface area contributed by atoms with Gasteiger partial charge in [-0.05, 0) is 17.5 Å². The van der Waals surface area contributed by atoms with Gasteiger partial charge in [-0.3, -0.25) is 9.88 Å². The number of hydrogen-bond donors (Lipinski definition) is 1. The molecular formula is C11H16ClN3. The molecule has 0 amide bonds. The maximum absolute atomic E-state index is 6.06. The summed E-state index contributed by atoms with van der Waals surface area (Å²) in [5.41, 5.74) is 7.11. The second-order valence-electron chi connectivity index (χ2n) is 4.30. The molecule has 1 aromatic rings. The first-order valence-electron chi connectivity index (χ1n) is 5.23. The Morgan fingerprint density at radius 3 is 3.00 bits per heavy atom. The number of hydrogen-bond acceptors (Lipinski definition) is 3. The van der Waals surface area contributed by atoms with Crippen molar-refractivity contribution in [2.45, 2.75) is 19.5 Å². The van der Waals surface area contributed by atoms with Gasteiger partial charge in [0.1, 0.15) is 0 Å². The first-order chi connectivity index (χ1) is 7.16. The third-order valence-corrected chi connectivity index (χ3v) is 3.34. The van der Waals surface area contributed by atoms with Gasteiger partial charge in [-0.25, -0.2) is 0 Å². The Balaban J connectivity index is 2.01. The molecule has 1 aromatic heterocycles. The van der Waals surface area contributed by atoms with Crippen molar-refractivity contribution in [3.8, 4) is 0 Å². The minimum atomic E-state index is 0.297. The minimum absolute atomic E-state index is 0.297. The van der Waals surface area contributed by atoms with Gasteiger partial charge >= 0.3 is 0 Å². The molecule has 2 heterocycles. The zero-order valence-corrected chi connectivity index (χ0v) is 9.61. The molecule has 2 atom stereocenters. The van der Waals surface area contributed by atoms with Crippen LogP contribution in [0.15, 0.2) is 18.5 Å². The summed E-state index contributed by atoms with van der Waals surface area (Å²) in [5, 5.41) is 0.741. The van der Waals surface area contributed by atoms with Crippen LogP contribution in [0.5, 0.6) is 0 Å². The van der Waals surface area contributed by atoms with Crippen molar-refractivity contribution in [3.05, 3.63) is 29.0 Å².